The molecule has 2 aromatic heterocycles. The van der Waals surface area contributed by atoms with E-state index < -0.39 is 0 Å². The first-order valence-corrected chi connectivity index (χ1v) is 8.87. The molecule has 0 atom stereocenters. The van der Waals surface area contributed by atoms with Crippen LogP contribution in [-0.4, -0.2) is 34.0 Å². The number of likely N-dealkylation sites (tertiary alicyclic amines) is 1. The van der Waals surface area contributed by atoms with E-state index >= 15 is 0 Å². The predicted molar refractivity (Wildman–Crippen MR) is 92.7 cm³/mol. The molecule has 122 valence electrons. The zero-order valence-corrected chi connectivity index (χ0v) is 14.6. The Hall–Kier alpha value is -1.89. The first-order chi connectivity index (χ1) is 11.6. The molecule has 24 heavy (non-hydrogen) atoms. The Balaban J connectivity index is 1.44. The molecule has 1 aliphatic heterocycles. The van der Waals surface area contributed by atoms with Gasteiger partial charge in [0.25, 0.3) is 5.91 Å². The van der Waals surface area contributed by atoms with E-state index in [2.05, 4.69) is 10.1 Å². The minimum Gasteiger partial charge on any atom is -0.339 e. The Kier molecular flexibility index (Phi) is 4.04. The van der Waals surface area contributed by atoms with Gasteiger partial charge in [0.05, 0.1) is 21.4 Å². The molecular weight excluding hydrogens is 369 g/mol. The zero-order valence-electron chi connectivity index (χ0n) is 12.3. The Bertz CT molecular complexity index is 889. The number of benzene rings is 1. The minimum atomic E-state index is -0.120. The van der Waals surface area contributed by atoms with Gasteiger partial charge in [0.2, 0.25) is 11.7 Å². The Labute approximate surface area is 151 Å². The molecular formula is C16H11Cl2N3O2S. The second-order valence-corrected chi connectivity index (χ2v) is 7.26. The van der Waals surface area contributed by atoms with E-state index in [0.717, 1.165) is 4.88 Å². The van der Waals surface area contributed by atoms with Crippen molar-refractivity contribution in [2.45, 2.75) is 5.92 Å². The summed E-state index contributed by atoms with van der Waals surface area (Å²) in [7, 11) is 0. The van der Waals surface area contributed by atoms with Crippen LogP contribution >= 0.6 is 34.5 Å². The second-order valence-electron chi connectivity index (χ2n) is 5.46. The van der Waals surface area contributed by atoms with E-state index in [4.69, 9.17) is 27.7 Å². The molecule has 0 radical (unpaired) electrons. The van der Waals surface area contributed by atoms with Crippen LogP contribution < -0.4 is 0 Å². The highest BCUT2D eigenvalue weighted by Gasteiger charge is 2.36. The third-order valence-electron chi connectivity index (χ3n) is 3.86. The molecule has 8 heteroatoms. The quantitative estimate of drug-likeness (QED) is 0.678. The van der Waals surface area contributed by atoms with E-state index in [-0.39, 0.29) is 11.8 Å². The van der Waals surface area contributed by atoms with Crippen molar-refractivity contribution in [2.24, 2.45) is 0 Å². The van der Waals surface area contributed by atoms with Crippen molar-refractivity contribution in [2.75, 3.05) is 13.1 Å². The smallest absolute Gasteiger partial charge is 0.255 e. The molecule has 4 rings (SSSR count). The lowest BCUT2D eigenvalue weighted by Crippen LogP contribution is -2.48. The average molecular weight is 380 g/mol. The monoisotopic (exact) mass is 379 g/mol. The first kappa shape index (κ1) is 15.6. The van der Waals surface area contributed by atoms with Gasteiger partial charge in [0, 0.05) is 18.1 Å². The van der Waals surface area contributed by atoms with Crippen molar-refractivity contribution in [1.29, 1.82) is 0 Å². The van der Waals surface area contributed by atoms with Crippen molar-refractivity contribution in [3.63, 3.8) is 0 Å². The molecule has 0 aliphatic carbocycles. The normalized spacial score (nSPS) is 14.7. The predicted octanol–water partition coefficient (Wildman–Crippen LogP) is 4.34. The number of rotatable bonds is 3. The lowest BCUT2D eigenvalue weighted by molar-refractivity contribution is 0.0569. The van der Waals surface area contributed by atoms with Crippen molar-refractivity contribution in [3.8, 4) is 10.7 Å². The number of carbonyl (C=O) groups is 1. The summed E-state index contributed by atoms with van der Waals surface area (Å²) in [4.78, 5) is 19.5. The Morgan fingerprint density at radius 2 is 2.12 bits per heavy atom. The van der Waals surface area contributed by atoms with E-state index in [1.54, 1.807) is 34.4 Å². The second kappa shape index (κ2) is 6.20. The van der Waals surface area contributed by atoms with Crippen molar-refractivity contribution in [1.82, 2.24) is 15.0 Å². The number of halogens is 2. The maximum atomic E-state index is 12.5. The van der Waals surface area contributed by atoms with Gasteiger partial charge in [0.1, 0.15) is 0 Å². The van der Waals surface area contributed by atoms with E-state index in [0.29, 0.717) is 40.4 Å². The summed E-state index contributed by atoms with van der Waals surface area (Å²) in [6.45, 7) is 1.06. The fraction of sp³-hybridized carbons (Fsp3) is 0.188. The average Bonchev–Trinajstić information content (AvgIpc) is 3.16. The van der Waals surface area contributed by atoms with E-state index in [1.165, 1.54) is 0 Å². The van der Waals surface area contributed by atoms with E-state index in [9.17, 15) is 4.79 Å². The summed E-state index contributed by atoms with van der Waals surface area (Å²) in [5.74, 6) is 1.09. The fourth-order valence-corrected chi connectivity index (χ4v) is 3.68. The zero-order chi connectivity index (χ0) is 16.7. The summed E-state index contributed by atoms with van der Waals surface area (Å²) in [6.07, 6.45) is 0. The molecule has 0 spiro atoms. The third kappa shape index (κ3) is 2.81. The molecule has 0 bridgehead atoms. The minimum absolute atomic E-state index is 0.0567. The Morgan fingerprint density at radius 1 is 1.29 bits per heavy atom. The lowest BCUT2D eigenvalue weighted by atomic mass is 9.99. The third-order valence-corrected chi connectivity index (χ3v) is 5.28. The highest BCUT2D eigenvalue weighted by molar-refractivity contribution is 7.13. The summed E-state index contributed by atoms with van der Waals surface area (Å²) >= 11 is 13.5. The van der Waals surface area contributed by atoms with Crippen LogP contribution in [0.5, 0.6) is 0 Å². The van der Waals surface area contributed by atoms with Gasteiger partial charge >= 0.3 is 0 Å². The van der Waals surface area contributed by atoms with Crippen LogP contribution in [0.15, 0.2) is 40.2 Å². The highest BCUT2D eigenvalue weighted by Crippen LogP contribution is 2.31. The fourth-order valence-electron chi connectivity index (χ4n) is 2.54. The molecule has 5 nitrogen and oxygen atoms in total. The number of carbonyl (C=O) groups excluding carboxylic acids is 1. The first-order valence-electron chi connectivity index (χ1n) is 7.23. The van der Waals surface area contributed by atoms with Crippen LogP contribution in [0.1, 0.15) is 22.2 Å². The van der Waals surface area contributed by atoms with Crippen LogP contribution in [0.2, 0.25) is 10.0 Å². The topological polar surface area (TPSA) is 59.2 Å². The molecule has 1 aromatic carbocycles. The number of hydrogen-bond donors (Lipinski definition) is 0. The van der Waals surface area contributed by atoms with Crippen LogP contribution in [0.3, 0.4) is 0 Å². The number of amides is 1. The van der Waals surface area contributed by atoms with Crippen LogP contribution in [0.4, 0.5) is 0 Å². The van der Waals surface area contributed by atoms with Gasteiger partial charge < -0.3 is 9.42 Å². The summed E-state index contributed by atoms with van der Waals surface area (Å²) in [5, 5.41) is 6.82. The number of thiophene rings is 1. The highest BCUT2D eigenvalue weighted by atomic mass is 35.5. The molecule has 3 aromatic rings. The maximum Gasteiger partial charge on any atom is 0.255 e. The van der Waals surface area contributed by atoms with Crippen LogP contribution in [-0.2, 0) is 0 Å². The van der Waals surface area contributed by atoms with Crippen molar-refractivity contribution < 1.29 is 9.32 Å². The van der Waals surface area contributed by atoms with Gasteiger partial charge in [-0.2, -0.15) is 4.98 Å². The molecule has 0 N–H and O–H groups in total. The van der Waals surface area contributed by atoms with Gasteiger partial charge in [-0.1, -0.05) is 34.4 Å². The molecule has 1 saturated heterocycles. The Morgan fingerprint density at radius 3 is 2.83 bits per heavy atom. The number of hydrogen-bond acceptors (Lipinski definition) is 5. The molecule has 1 aliphatic rings. The number of aromatic nitrogens is 2. The summed E-state index contributed by atoms with van der Waals surface area (Å²) in [5.41, 5.74) is 0.448. The SMILES string of the molecule is O=C(c1ccc(Cl)cc1Cl)N1CC(c2nc(-c3cccs3)no2)C1. The van der Waals surface area contributed by atoms with Crippen molar-refractivity contribution >= 4 is 40.4 Å². The summed E-state index contributed by atoms with van der Waals surface area (Å²) in [6, 6.07) is 8.75. The van der Waals surface area contributed by atoms with E-state index in [1.807, 2.05) is 17.5 Å². The van der Waals surface area contributed by atoms with Crippen molar-refractivity contribution in [3.05, 3.63) is 57.2 Å². The van der Waals surface area contributed by atoms with Crippen LogP contribution in [0, 0.1) is 0 Å². The molecule has 0 saturated carbocycles. The van der Waals surface area contributed by atoms with Crippen LogP contribution in [0.25, 0.3) is 10.7 Å². The molecule has 1 fully saturated rings. The van der Waals surface area contributed by atoms with Gasteiger partial charge in [-0.3, -0.25) is 4.79 Å². The molecule has 1 amide bonds. The molecule has 0 unspecified atom stereocenters. The largest absolute Gasteiger partial charge is 0.339 e. The van der Waals surface area contributed by atoms with Gasteiger partial charge in [-0.05, 0) is 29.6 Å². The number of nitrogens with zero attached hydrogens (tertiary/aromatic N) is 3. The van der Waals surface area contributed by atoms with Gasteiger partial charge in [0.15, 0.2) is 0 Å². The van der Waals surface area contributed by atoms with Gasteiger partial charge in [-0.15, -0.1) is 11.3 Å². The summed E-state index contributed by atoms with van der Waals surface area (Å²) < 4.78 is 5.33. The molecule has 3 heterocycles. The standard InChI is InChI=1S/C16H11Cl2N3O2S/c17-10-3-4-11(12(18)6-10)16(22)21-7-9(8-21)15-19-14(20-23-15)13-2-1-5-24-13/h1-6,9H,7-8H2. The van der Waals surface area contributed by atoms with Gasteiger partial charge in [-0.25, -0.2) is 0 Å². The lowest BCUT2D eigenvalue weighted by Gasteiger charge is -2.37. The maximum absolute atomic E-state index is 12.5.